The number of aliphatic hydroxyl groups is 1. The molecule has 1 unspecified atom stereocenters. The summed E-state index contributed by atoms with van der Waals surface area (Å²) in [5.41, 5.74) is 1.70. The third kappa shape index (κ3) is 4.29. The van der Waals surface area contributed by atoms with Gasteiger partial charge in [0.2, 0.25) is 0 Å². The smallest absolute Gasteiger partial charge is 0.251 e. The first kappa shape index (κ1) is 17.0. The lowest BCUT2D eigenvalue weighted by Crippen LogP contribution is -2.28. The van der Waals surface area contributed by atoms with Crippen LogP contribution in [0.25, 0.3) is 0 Å². The van der Waals surface area contributed by atoms with Gasteiger partial charge in [-0.1, -0.05) is 18.2 Å². The van der Waals surface area contributed by atoms with E-state index in [2.05, 4.69) is 10.2 Å². The lowest BCUT2D eigenvalue weighted by molar-refractivity contribution is 0.0914. The van der Waals surface area contributed by atoms with Gasteiger partial charge in [-0.3, -0.25) is 4.79 Å². The number of nitrogens with zero attached hydrogens (tertiary/aromatic N) is 1. The quantitative estimate of drug-likeness (QED) is 0.861. The van der Waals surface area contributed by atoms with Gasteiger partial charge in [0.1, 0.15) is 5.82 Å². The molecule has 5 heteroatoms. The monoisotopic (exact) mass is 316 g/mol. The van der Waals surface area contributed by atoms with Crippen molar-refractivity contribution >= 4 is 11.6 Å². The van der Waals surface area contributed by atoms with E-state index < -0.39 is 11.9 Å². The summed E-state index contributed by atoms with van der Waals surface area (Å²) in [6.07, 6.45) is -1.08. The number of carbonyl (C=O) groups excluding carboxylic acids is 1. The van der Waals surface area contributed by atoms with Gasteiger partial charge in [-0.2, -0.15) is 0 Å². The van der Waals surface area contributed by atoms with E-state index in [1.165, 1.54) is 12.1 Å². The molecule has 0 saturated heterocycles. The fraction of sp³-hybridized carbons (Fsp3) is 0.278. The molecule has 4 nitrogen and oxygen atoms in total. The van der Waals surface area contributed by atoms with Crippen molar-refractivity contribution in [3.8, 4) is 0 Å². The Morgan fingerprint density at radius 3 is 2.48 bits per heavy atom. The molecule has 0 aliphatic carbocycles. The molecule has 0 aliphatic heterocycles. The van der Waals surface area contributed by atoms with Crippen LogP contribution in [0.4, 0.5) is 10.1 Å². The second-order valence-electron chi connectivity index (χ2n) is 5.31. The largest absolute Gasteiger partial charge is 0.386 e. The Labute approximate surface area is 135 Å². The number of halogens is 1. The van der Waals surface area contributed by atoms with Gasteiger partial charge in [0, 0.05) is 37.0 Å². The molecular formula is C18H21FN2O2. The lowest BCUT2D eigenvalue weighted by Gasteiger charge is -2.17. The topological polar surface area (TPSA) is 52.6 Å². The van der Waals surface area contributed by atoms with Crippen LogP contribution in [0.3, 0.4) is 0 Å². The highest BCUT2D eigenvalue weighted by molar-refractivity contribution is 5.94. The highest BCUT2D eigenvalue weighted by Gasteiger charge is 2.14. The maximum absolute atomic E-state index is 13.6. The Hall–Kier alpha value is -2.40. The maximum Gasteiger partial charge on any atom is 0.251 e. The molecule has 122 valence electrons. The second-order valence-corrected chi connectivity index (χ2v) is 5.31. The number of hydrogen-bond acceptors (Lipinski definition) is 3. The molecule has 1 amide bonds. The first-order valence-electron chi connectivity index (χ1n) is 7.54. The van der Waals surface area contributed by atoms with Crippen LogP contribution in [0.1, 0.15) is 28.9 Å². The summed E-state index contributed by atoms with van der Waals surface area (Å²) in [6.45, 7) is 2.88. The summed E-state index contributed by atoms with van der Waals surface area (Å²) >= 11 is 0. The maximum atomic E-state index is 13.6. The van der Waals surface area contributed by atoms with Crippen LogP contribution in [0.2, 0.25) is 0 Å². The van der Waals surface area contributed by atoms with Crippen molar-refractivity contribution in [2.75, 3.05) is 25.0 Å². The minimum absolute atomic E-state index is 0.0453. The number of anilines is 1. The number of hydrogen-bond donors (Lipinski definition) is 2. The Morgan fingerprint density at radius 2 is 1.87 bits per heavy atom. The number of rotatable bonds is 6. The van der Waals surface area contributed by atoms with E-state index in [0.717, 1.165) is 12.2 Å². The summed E-state index contributed by atoms with van der Waals surface area (Å²) in [4.78, 5) is 14.1. The van der Waals surface area contributed by atoms with Crippen molar-refractivity contribution in [1.29, 1.82) is 0 Å². The molecule has 2 N–H and O–H groups in total. The molecule has 0 spiro atoms. The van der Waals surface area contributed by atoms with Gasteiger partial charge in [-0.05, 0) is 37.3 Å². The van der Waals surface area contributed by atoms with E-state index in [0.29, 0.717) is 5.56 Å². The molecule has 2 aromatic carbocycles. The molecule has 23 heavy (non-hydrogen) atoms. The van der Waals surface area contributed by atoms with E-state index >= 15 is 0 Å². The van der Waals surface area contributed by atoms with Crippen LogP contribution in [0.5, 0.6) is 0 Å². The standard InChI is InChI=1S/C18H21FN2O2/c1-3-21(2)14-10-8-13(9-11-14)18(23)20-12-17(22)15-6-4-5-7-16(15)19/h4-11,17,22H,3,12H2,1-2H3,(H,20,23). The summed E-state index contributed by atoms with van der Waals surface area (Å²) in [6, 6.07) is 13.2. The Bertz CT molecular complexity index is 658. The molecule has 2 aromatic rings. The Kier molecular flexibility index (Phi) is 5.71. The minimum atomic E-state index is -1.08. The van der Waals surface area contributed by atoms with Crippen LogP contribution < -0.4 is 10.2 Å². The molecule has 0 heterocycles. The Balaban J connectivity index is 1.96. The molecule has 0 aromatic heterocycles. The highest BCUT2D eigenvalue weighted by Crippen LogP contribution is 2.16. The van der Waals surface area contributed by atoms with Gasteiger partial charge in [0.05, 0.1) is 6.10 Å². The number of nitrogens with one attached hydrogen (secondary N) is 1. The van der Waals surface area contributed by atoms with Gasteiger partial charge in [-0.25, -0.2) is 4.39 Å². The third-order valence-corrected chi connectivity index (χ3v) is 3.76. The average molecular weight is 316 g/mol. The van der Waals surface area contributed by atoms with Gasteiger partial charge < -0.3 is 15.3 Å². The molecule has 0 saturated carbocycles. The first-order chi connectivity index (χ1) is 11.0. The van der Waals surface area contributed by atoms with E-state index in [9.17, 15) is 14.3 Å². The SMILES string of the molecule is CCN(C)c1ccc(C(=O)NCC(O)c2ccccc2F)cc1. The van der Waals surface area contributed by atoms with Crippen molar-refractivity contribution in [2.24, 2.45) is 0 Å². The van der Waals surface area contributed by atoms with E-state index in [1.54, 1.807) is 24.3 Å². The number of carbonyl (C=O) groups is 1. The normalized spacial score (nSPS) is 11.8. The van der Waals surface area contributed by atoms with Crippen LogP contribution >= 0.6 is 0 Å². The molecule has 0 radical (unpaired) electrons. The molecule has 0 aliphatic rings. The fourth-order valence-corrected chi connectivity index (χ4v) is 2.20. The number of aliphatic hydroxyl groups excluding tert-OH is 1. The van der Waals surface area contributed by atoms with Crippen LogP contribution in [0, 0.1) is 5.82 Å². The van der Waals surface area contributed by atoms with E-state index in [1.807, 2.05) is 26.1 Å². The predicted molar refractivity (Wildman–Crippen MR) is 89.1 cm³/mol. The van der Waals surface area contributed by atoms with Crippen molar-refractivity contribution in [2.45, 2.75) is 13.0 Å². The zero-order chi connectivity index (χ0) is 16.8. The van der Waals surface area contributed by atoms with Gasteiger partial charge >= 0.3 is 0 Å². The first-order valence-corrected chi connectivity index (χ1v) is 7.54. The zero-order valence-electron chi connectivity index (χ0n) is 13.3. The van der Waals surface area contributed by atoms with E-state index in [-0.39, 0.29) is 18.0 Å². The molecule has 0 fully saturated rings. The van der Waals surface area contributed by atoms with Gasteiger partial charge in [-0.15, -0.1) is 0 Å². The summed E-state index contributed by atoms with van der Waals surface area (Å²) in [5, 5.41) is 12.6. The number of amides is 1. The molecule has 2 rings (SSSR count). The van der Waals surface area contributed by atoms with Crippen molar-refractivity contribution < 1.29 is 14.3 Å². The number of benzene rings is 2. The lowest BCUT2D eigenvalue weighted by atomic mass is 10.1. The minimum Gasteiger partial charge on any atom is -0.386 e. The van der Waals surface area contributed by atoms with Crippen LogP contribution in [-0.4, -0.2) is 31.2 Å². The van der Waals surface area contributed by atoms with Crippen molar-refractivity contribution in [1.82, 2.24) is 5.32 Å². The van der Waals surface area contributed by atoms with Crippen molar-refractivity contribution in [3.63, 3.8) is 0 Å². The Morgan fingerprint density at radius 1 is 1.22 bits per heavy atom. The van der Waals surface area contributed by atoms with Gasteiger partial charge in [0.25, 0.3) is 5.91 Å². The van der Waals surface area contributed by atoms with E-state index in [4.69, 9.17) is 0 Å². The zero-order valence-corrected chi connectivity index (χ0v) is 13.3. The van der Waals surface area contributed by atoms with Gasteiger partial charge in [0.15, 0.2) is 0 Å². The predicted octanol–water partition coefficient (Wildman–Crippen LogP) is 2.75. The average Bonchev–Trinajstić information content (AvgIpc) is 2.59. The molecular weight excluding hydrogens is 295 g/mol. The van der Waals surface area contributed by atoms with Crippen molar-refractivity contribution in [3.05, 3.63) is 65.5 Å². The van der Waals surface area contributed by atoms with Crippen LogP contribution in [-0.2, 0) is 0 Å². The third-order valence-electron chi connectivity index (χ3n) is 3.76. The summed E-state index contributed by atoms with van der Waals surface area (Å²) in [5.74, 6) is -0.785. The molecule has 1 atom stereocenters. The second kappa shape index (κ2) is 7.74. The highest BCUT2D eigenvalue weighted by atomic mass is 19.1. The van der Waals surface area contributed by atoms with Crippen LogP contribution in [0.15, 0.2) is 48.5 Å². The summed E-state index contributed by atoms with van der Waals surface area (Å²) in [7, 11) is 1.97. The fourth-order valence-electron chi connectivity index (χ4n) is 2.20. The summed E-state index contributed by atoms with van der Waals surface area (Å²) < 4.78 is 13.6. The molecule has 0 bridgehead atoms.